The number of carbonyl (C=O) groups excluding carboxylic acids is 1. The molecule has 0 saturated heterocycles. The predicted molar refractivity (Wildman–Crippen MR) is 108 cm³/mol. The standard InChI is InChI=1S/C16H14BrN3O3S3/c17-11-3-5-12(6-4-11)26(22,23)18-8-7-15(21)20-16-19-13(10-25-16)14-2-1-9-24-14/h1-6,9-10,18H,7-8H2,(H,19,20,21). The number of nitrogens with one attached hydrogen (secondary N) is 2. The van der Waals surface area contributed by atoms with Crippen molar-refractivity contribution in [3.63, 3.8) is 0 Å². The number of thiazole rings is 1. The van der Waals surface area contributed by atoms with Gasteiger partial charge in [-0.25, -0.2) is 18.1 Å². The summed E-state index contributed by atoms with van der Waals surface area (Å²) in [6, 6.07) is 10.2. The van der Waals surface area contributed by atoms with Crippen LogP contribution in [0.15, 0.2) is 56.5 Å². The summed E-state index contributed by atoms with van der Waals surface area (Å²) in [6.45, 7) is 0.00733. The van der Waals surface area contributed by atoms with Crippen molar-refractivity contribution in [2.75, 3.05) is 11.9 Å². The SMILES string of the molecule is O=C(CCNS(=O)(=O)c1ccc(Br)cc1)Nc1nc(-c2cccs2)cs1. The van der Waals surface area contributed by atoms with Gasteiger partial charge in [-0.05, 0) is 35.7 Å². The monoisotopic (exact) mass is 471 g/mol. The van der Waals surface area contributed by atoms with Crippen molar-refractivity contribution in [2.45, 2.75) is 11.3 Å². The molecule has 2 aromatic heterocycles. The fourth-order valence-electron chi connectivity index (χ4n) is 2.05. The highest BCUT2D eigenvalue weighted by molar-refractivity contribution is 9.10. The number of aromatic nitrogens is 1. The Morgan fingerprint density at radius 1 is 1.15 bits per heavy atom. The van der Waals surface area contributed by atoms with E-state index in [4.69, 9.17) is 0 Å². The minimum Gasteiger partial charge on any atom is -0.302 e. The maximum absolute atomic E-state index is 12.2. The normalized spacial score (nSPS) is 11.4. The largest absolute Gasteiger partial charge is 0.302 e. The van der Waals surface area contributed by atoms with Gasteiger partial charge in [-0.1, -0.05) is 22.0 Å². The van der Waals surface area contributed by atoms with Crippen molar-refractivity contribution in [2.24, 2.45) is 0 Å². The first-order chi connectivity index (χ1) is 12.4. The van der Waals surface area contributed by atoms with Crippen LogP contribution in [-0.2, 0) is 14.8 Å². The molecule has 0 unspecified atom stereocenters. The summed E-state index contributed by atoms with van der Waals surface area (Å²) in [4.78, 5) is 17.5. The van der Waals surface area contributed by atoms with Gasteiger partial charge in [0, 0.05) is 22.8 Å². The Hall–Kier alpha value is -1.59. The lowest BCUT2D eigenvalue weighted by Gasteiger charge is -2.06. The fraction of sp³-hybridized carbons (Fsp3) is 0.125. The van der Waals surface area contributed by atoms with E-state index in [1.54, 1.807) is 23.5 Å². The van der Waals surface area contributed by atoms with Crippen LogP contribution in [0.3, 0.4) is 0 Å². The quantitative estimate of drug-likeness (QED) is 0.545. The van der Waals surface area contributed by atoms with Gasteiger partial charge in [0.1, 0.15) is 0 Å². The summed E-state index contributed by atoms with van der Waals surface area (Å²) in [5.41, 5.74) is 0.816. The van der Waals surface area contributed by atoms with Crippen LogP contribution in [0.1, 0.15) is 6.42 Å². The topological polar surface area (TPSA) is 88.2 Å². The second-order valence-corrected chi connectivity index (χ2v) is 9.65. The molecule has 136 valence electrons. The maximum Gasteiger partial charge on any atom is 0.240 e. The van der Waals surface area contributed by atoms with Gasteiger partial charge in [0.25, 0.3) is 0 Å². The van der Waals surface area contributed by atoms with E-state index >= 15 is 0 Å². The summed E-state index contributed by atoms with van der Waals surface area (Å²) in [5.74, 6) is -0.296. The van der Waals surface area contributed by atoms with E-state index in [-0.39, 0.29) is 23.8 Å². The van der Waals surface area contributed by atoms with Crippen LogP contribution in [0.5, 0.6) is 0 Å². The second kappa shape index (κ2) is 8.40. The van der Waals surface area contributed by atoms with Crippen LogP contribution >= 0.6 is 38.6 Å². The molecule has 3 aromatic rings. The Morgan fingerprint density at radius 2 is 1.92 bits per heavy atom. The smallest absolute Gasteiger partial charge is 0.240 e. The Morgan fingerprint density at radius 3 is 2.62 bits per heavy atom. The van der Waals surface area contributed by atoms with E-state index in [1.165, 1.54) is 23.5 Å². The lowest BCUT2D eigenvalue weighted by atomic mass is 10.4. The zero-order chi connectivity index (χ0) is 18.6. The molecule has 2 N–H and O–H groups in total. The summed E-state index contributed by atoms with van der Waals surface area (Å²) < 4.78 is 27.5. The van der Waals surface area contributed by atoms with Gasteiger partial charge in [-0.15, -0.1) is 22.7 Å². The number of benzene rings is 1. The van der Waals surface area contributed by atoms with Crippen molar-refractivity contribution < 1.29 is 13.2 Å². The van der Waals surface area contributed by atoms with Gasteiger partial charge in [-0.3, -0.25) is 4.79 Å². The third kappa shape index (κ3) is 4.98. The minimum absolute atomic E-state index is 0.00733. The van der Waals surface area contributed by atoms with Gasteiger partial charge in [0.15, 0.2) is 5.13 Å². The highest BCUT2D eigenvalue weighted by Crippen LogP contribution is 2.28. The van der Waals surface area contributed by atoms with E-state index in [9.17, 15) is 13.2 Å². The van der Waals surface area contributed by atoms with Crippen molar-refractivity contribution in [1.29, 1.82) is 0 Å². The van der Waals surface area contributed by atoms with E-state index in [0.29, 0.717) is 5.13 Å². The first kappa shape index (κ1) is 19.2. The Bertz CT molecular complexity index is 983. The number of rotatable bonds is 7. The van der Waals surface area contributed by atoms with Crippen molar-refractivity contribution in [3.8, 4) is 10.6 Å². The number of hydrogen-bond acceptors (Lipinski definition) is 6. The molecular weight excluding hydrogens is 458 g/mol. The molecule has 0 aliphatic rings. The summed E-state index contributed by atoms with van der Waals surface area (Å²) in [5, 5.41) is 7.02. The van der Waals surface area contributed by atoms with E-state index < -0.39 is 10.0 Å². The number of thiophene rings is 1. The van der Waals surface area contributed by atoms with Crippen LogP contribution in [0, 0.1) is 0 Å². The van der Waals surface area contributed by atoms with E-state index in [2.05, 4.69) is 31.0 Å². The molecule has 10 heteroatoms. The maximum atomic E-state index is 12.2. The number of carbonyl (C=O) groups is 1. The molecule has 0 atom stereocenters. The lowest BCUT2D eigenvalue weighted by molar-refractivity contribution is -0.116. The van der Waals surface area contributed by atoms with Crippen LogP contribution in [0.25, 0.3) is 10.6 Å². The average Bonchev–Trinajstić information content (AvgIpc) is 3.26. The molecule has 6 nitrogen and oxygen atoms in total. The number of sulfonamides is 1. The van der Waals surface area contributed by atoms with Crippen molar-refractivity contribution in [1.82, 2.24) is 9.71 Å². The molecule has 1 aromatic carbocycles. The van der Waals surface area contributed by atoms with Crippen molar-refractivity contribution in [3.05, 3.63) is 51.6 Å². The van der Waals surface area contributed by atoms with Crippen molar-refractivity contribution >= 4 is 59.7 Å². The van der Waals surface area contributed by atoms with Crippen LogP contribution in [-0.4, -0.2) is 25.9 Å². The number of amides is 1. The predicted octanol–water partition coefficient (Wildman–Crippen LogP) is 3.94. The van der Waals surface area contributed by atoms with Crippen LogP contribution in [0.4, 0.5) is 5.13 Å². The van der Waals surface area contributed by atoms with E-state index in [0.717, 1.165) is 15.0 Å². The molecule has 0 radical (unpaired) electrons. The zero-order valence-electron chi connectivity index (χ0n) is 13.3. The number of anilines is 1. The third-order valence-corrected chi connectivity index (χ3v) is 6.95. The number of nitrogens with zero attached hydrogens (tertiary/aromatic N) is 1. The molecule has 0 aliphatic carbocycles. The number of halogens is 1. The first-order valence-corrected chi connectivity index (χ1v) is 11.5. The average molecular weight is 472 g/mol. The molecule has 3 rings (SSSR count). The molecule has 2 heterocycles. The zero-order valence-corrected chi connectivity index (χ0v) is 17.3. The van der Waals surface area contributed by atoms with Gasteiger partial charge in [-0.2, -0.15) is 0 Å². The summed E-state index contributed by atoms with van der Waals surface area (Å²) >= 11 is 6.17. The lowest BCUT2D eigenvalue weighted by Crippen LogP contribution is -2.27. The molecule has 1 amide bonds. The molecule has 0 bridgehead atoms. The highest BCUT2D eigenvalue weighted by Gasteiger charge is 2.14. The summed E-state index contributed by atoms with van der Waals surface area (Å²) in [7, 11) is -3.63. The van der Waals surface area contributed by atoms with Gasteiger partial charge in [0.05, 0.1) is 15.5 Å². The van der Waals surface area contributed by atoms with Gasteiger partial charge in [0.2, 0.25) is 15.9 Å². The van der Waals surface area contributed by atoms with Gasteiger partial charge < -0.3 is 5.32 Å². The Labute approximate surface area is 167 Å². The van der Waals surface area contributed by atoms with Crippen LogP contribution in [0.2, 0.25) is 0 Å². The second-order valence-electron chi connectivity index (χ2n) is 5.17. The highest BCUT2D eigenvalue weighted by atomic mass is 79.9. The molecule has 0 aliphatic heterocycles. The van der Waals surface area contributed by atoms with E-state index in [1.807, 2.05) is 22.9 Å². The molecule has 0 saturated carbocycles. The van der Waals surface area contributed by atoms with Crippen LogP contribution < -0.4 is 10.0 Å². The Balaban J connectivity index is 1.50. The third-order valence-electron chi connectivity index (χ3n) is 3.29. The molecular formula is C16H14BrN3O3S3. The van der Waals surface area contributed by atoms with Gasteiger partial charge >= 0.3 is 0 Å². The molecule has 26 heavy (non-hydrogen) atoms. The minimum atomic E-state index is -3.63. The number of hydrogen-bond donors (Lipinski definition) is 2. The molecule has 0 fully saturated rings. The first-order valence-electron chi connectivity index (χ1n) is 7.48. The molecule has 0 spiro atoms. The summed E-state index contributed by atoms with van der Waals surface area (Å²) in [6.07, 6.45) is 0.0175. The Kier molecular flexibility index (Phi) is 6.20. The fourth-order valence-corrected chi connectivity index (χ4v) is 4.83.